The molecule has 2 aliphatic rings. The van der Waals surface area contributed by atoms with Gasteiger partial charge in [0, 0.05) is 37.8 Å². The molecule has 2 saturated heterocycles. The zero-order valence-corrected chi connectivity index (χ0v) is 12.2. The van der Waals surface area contributed by atoms with Crippen LogP contribution in [0.5, 0.6) is 0 Å². The van der Waals surface area contributed by atoms with Crippen LogP contribution in [0.2, 0.25) is 0 Å². The Morgan fingerprint density at radius 3 is 2.55 bits per heavy atom. The van der Waals surface area contributed by atoms with Gasteiger partial charge in [0.15, 0.2) is 0 Å². The van der Waals surface area contributed by atoms with Crippen LogP contribution < -0.4 is 0 Å². The fourth-order valence-corrected chi connectivity index (χ4v) is 3.17. The second kappa shape index (κ2) is 5.92. The molecule has 4 nitrogen and oxygen atoms in total. The Balaban J connectivity index is 1.44. The summed E-state index contributed by atoms with van der Waals surface area (Å²) < 4.78 is 0. The summed E-state index contributed by atoms with van der Waals surface area (Å²) in [6.07, 6.45) is 6.75. The van der Waals surface area contributed by atoms with E-state index in [0.717, 1.165) is 32.6 Å². The van der Waals surface area contributed by atoms with E-state index in [2.05, 4.69) is 29.1 Å². The zero-order valence-electron chi connectivity index (χ0n) is 12.2. The molecule has 4 heteroatoms. The first-order chi connectivity index (χ1) is 9.72. The van der Waals surface area contributed by atoms with Crippen LogP contribution in [0.25, 0.3) is 0 Å². The number of rotatable bonds is 3. The van der Waals surface area contributed by atoms with Crippen molar-refractivity contribution in [1.29, 1.82) is 0 Å². The molecule has 0 aliphatic carbocycles. The van der Waals surface area contributed by atoms with Crippen LogP contribution in [0, 0.1) is 5.92 Å². The maximum atomic E-state index is 12.3. The average Bonchev–Trinajstić information content (AvgIpc) is 2.41. The van der Waals surface area contributed by atoms with E-state index >= 15 is 0 Å². The number of carbonyl (C=O) groups excluding carboxylic acids is 1. The highest BCUT2D eigenvalue weighted by Gasteiger charge is 2.32. The van der Waals surface area contributed by atoms with Crippen molar-refractivity contribution in [2.75, 3.05) is 33.2 Å². The van der Waals surface area contributed by atoms with E-state index in [1.165, 1.54) is 18.4 Å². The van der Waals surface area contributed by atoms with Gasteiger partial charge in [0.1, 0.15) is 0 Å². The van der Waals surface area contributed by atoms with Crippen molar-refractivity contribution >= 4 is 5.91 Å². The second-order valence-corrected chi connectivity index (χ2v) is 6.23. The number of amides is 1. The highest BCUT2D eigenvalue weighted by molar-refractivity contribution is 5.77. The Morgan fingerprint density at radius 2 is 1.90 bits per heavy atom. The summed E-state index contributed by atoms with van der Waals surface area (Å²) in [5.74, 6) is 1.46. The van der Waals surface area contributed by atoms with Crippen molar-refractivity contribution in [3.63, 3.8) is 0 Å². The minimum absolute atomic E-state index is 0.352. The highest BCUT2D eigenvalue weighted by Crippen LogP contribution is 2.29. The Bertz CT molecular complexity index is 448. The summed E-state index contributed by atoms with van der Waals surface area (Å²) >= 11 is 0. The highest BCUT2D eigenvalue weighted by atomic mass is 16.2. The Morgan fingerprint density at radius 1 is 1.25 bits per heavy atom. The molecule has 108 valence electrons. The largest absolute Gasteiger partial charge is 0.341 e. The Labute approximate surface area is 120 Å². The molecule has 0 N–H and O–H groups in total. The number of piperidine rings is 1. The lowest BCUT2D eigenvalue weighted by Crippen LogP contribution is -2.49. The molecule has 0 atom stereocenters. The predicted molar refractivity (Wildman–Crippen MR) is 78.4 cm³/mol. The van der Waals surface area contributed by atoms with Crippen LogP contribution in [0.3, 0.4) is 0 Å². The van der Waals surface area contributed by atoms with E-state index in [1.807, 2.05) is 17.3 Å². The molecule has 0 spiro atoms. The Kier molecular flexibility index (Phi) is 4.01. The zero-order chi connectivity index (χ0) is 13.9. The maximum Gasteiger partial charge on any atom is 0.222 e. The minimum atomic E-state index is 0.352. The fraction of sp³-hybridized carbons (Fsp3) is 0.625. The average molecular weight is 273 g/mol. The van der Waals surface area contributed by atoms with E-state index in [-0.39, 0.29) is 0 Å². The third-order valence-electron chi connectivity index (χ3n) is 4.71. The summed E-state index contributed by atoms with van der Waals surface area (Å²) in [5.41, 5.74) is 1.31. The lowest BCUT2D eigenvalue weighted by Gasteiger charge is -2.40. The maximum absolute atomic E-state index is 12.3. The number of hydrogen-bond acceptors (Lipinski definition) is 3. The quantitative estimate of drug-likeness (QED) is 0.841. The number of likely N-dealkylation sites (tertiary alicyclic amines) is 2. The molecule has 3 heterocycles. The molecule has 0 aromatic carbocycles. The standard InChI is InChI=1S/C16H23N3O/c1-18-8-4-13(5-9-18)10-16(20)19-11-15(12-19)14-2-6-17-7-3-14/h2-3,6-7,13,15H,4-5,8-12H2,1H3. The van der Waals surface area contributed by atoms with Crippen molar-refractivity contribution in [2.45, 2.75) is 25.2 Å². The molecule has 1 amide bonds. The topological polar surface area (TPSA) is 36.4 Å². The SMILES string of the molecule is CN1CCC(CC(=O)N2CC(c3ccncc3)C2)CC1. The smallest absolute Gasteiger partial charge is 0.222 e. The van der Waals surface area contributed by atoms with Gasteiger partial charge in [-0.05, 0) is 56.6 Å². The summed E-state index contributed by atoms with van der Waals surface area (Å²) in [6, 6.07) is 4.12. The van der Waals surface area contributed by atoms with Gasteiger partial charge < -0.3 is 9.80 Å². The van der Waals surface area contributed by atoms with Crippen LogP contribution in [-0.4, -0.2) is 53.9 Å². The molecule has 0 radical (unpaired) electrons. The van der Waals surface area contributed by atoms with Gasteiger partial charge >= 0.3 is 0 Å². The van der Waals surface area contributed by atoms with Gasteiger partial charge in [0.25, 0.3) is 0 Å². The van der Waals surface area contributed by atoms with Crippen molar-refractivity contribution in [2.24, 2.45) is 5.92 Å². The molecular weight excluding hydrogens is 250 g/mol. The first kappa shape index (κ1) is 13.6. The minimum Gasteiger partial charge on any atom is -0.341 e. The van der Waals surface area contributed by atoms with Crippen molar-refractivity contribution in [3.8, 4) is 0 Å². The molecule has 1 aromatic heterocycles. The van der Waals surface area contributed by atoms with Crippen LogP contribution >= 0.6 is 0 Å². The van der Waals surface area contributed by atoms with E-state index in [9.17, 15) is 4.79 Å². The van der Waals surface area contributed by atoms with Gasteiger partial charge in [-0.1, -0.05) is 0 Å². The molecule has 0 unspecified atom stereocenters. The van der Waals surface area contributed by atoms with E-state index in [4.69, 9.17) is 0 Å². The van der Waals surface area contributed by atoms with Gasteiger partial charge in [-0.2, -0.15) is 0 Å². The third-order valence-corrected chi connectivity index (χ3v) is 4.71. The summed E-state index contributed by atoms with van der Waals surface area (Å²) in [5, 5.41) is 0. The first-order valence-corrected chi connectivity index (χ1v) is 7.58. The number of pyridine rings is 1. The van der Waals surface area contributed by atoms with Crippen molar-refractivity contribution in [1.82, 2.24) is 14.8 Å². The normalized spacial score (nSPS) is 21.8. The molecule has 2 fully saturated rings. The van der Waals surface area contributed by atoms with E-state index in [1.54, 1.807) is 0 Å². The fourth-order valence-electron chi connectivity index (χ4n) is 3.17. The number of aromatic nitrogens is 1. The monoisotopic (exact) mass is 273 g/mol. The summed E-state index contributed by atoms with van der Waals surface area (Å²) in [7, 11) is 2.16. The number of nitrogens with zero attached hydrogens (tertiary/aromatic N) is 3. The Hall–Kier alpha value is -1.42. The van der Waals surface area contributed by atoms with E-state index < -0.39 is 0 Å². The molecular formula is C16H23N3O. The first-order valence-electron chi connectivity index (χ1n) is 7.58. The molecule has 20 heavy (non-hydrogen) atoms. The molecule has 0 bridgehead atoms. The molecule has 1 aromatic rings. The predicted octanol–water partition coefficient (Wildman–Crippen LogP) is 1.74. The van der Waals surface area contributed by atoms with Gasteiger partial charge in [-0.25, -0.2) is 0 Å². The van der Waals surface area contributed by atoms with Crippen LogP contribution in [-0.2, 0) is 4.79 Å². The number of carbonyl (C=O) groups is 1. The van der Waals surface area contributed by atoms with Crippen LogP contribution in [0.15, 0.2) is 24.5 Å². The summed E-state index contributed by atoms with van der Waals surface area (Å²) in [6.45, 7) is 4.04. The molecule has 3 rings (SSSR count). The van der Waals surface area contributed by atoms with Gasteiger partial charge in [-0.3, -0.25) is 9.78 Å². The lowest BCUT2D eigenvalue weighted by molar-refractivity contribution is -0.137. The second-order valence-electron chi connectivity index (χ2n) is 6.23. The molecule has 0 saturated carbocycles. The van der Waals surface area contributed by atoms with Gasteiger partial charge in [0.05, 0.1) is 0 Å². The third kappa shape index (κ3) is 3.01. The van der Waals surface area contributed by atoms with Gasteiger partial charge in [-0.15, -0.1) is 0 Å². The molecule has 2 aliphatic heterocycles. The lowest BCUT2D eigenvalue weighted by atomic mass is 9.89. The van der Waals surface area contributed by atoms with E-state index in [0.29, 0.717) is 17.7 Å². The van der Waals surface area contributed by atoms with Crippen LogP contribution in [0.4, 0.5) is 0 Å². The van der Waals surface area contributed by atoms with Gasteiger partial charge in [0.2, 0.25) is 5.91 Å². The van der Waals surface area contributed by atoms with Crippen molar-refractivity contribution < 1.29 is 4.79 Å². The summed E-state index contributed by atoms with van der Waals surface area (Å²) in [4.78, 5) is 20.7. The van der Waals surface area contributed by atoms with Crippen LogP contribution in [0.1, 0.15) is 30.7 Å². The number of hydrogen-bond donors (Lipinski definition) is 0. The van der Waals surface area contributed by atoms with Crippen molar-refractivity contribution in [3.05, 3.63) is 30.1 Å².